The Hall–Kier alpha value is -3.81. The Bertz CT molecular complexity index is 1110. The van der Waals surface area contributed by atoms with Crippen molar-refractivity contribution in [3.05, 3.63) is 59.3 Å². The van der Waals surface area contributed by atoms with Crippen molar-refractivity contribution >= 4 is 17.8 Å². The largest absolute Gasteiger partial charge is 0.462 e. The average molecular weight is 462 g/mol. The van der Waals surface area contributed by atoms with Crippen molar-refractivity contribution in [2.45, 2.75) is 44.1 Å². The molecule has 2 amide bonds. The second kappa shape index (κ2) is 8.27. The molecule has 33 heavy (non-hydrogen) atoms. The Morgan fingerprint density at radius 3 is 2.36 bits per heavy atom. The Balaban J connectivity index is 2.38. The van der Waals surface area contributed by atoms with Crippen LogP contribution in [-0.4, -0.2) is 40.9 Å². The van der Waals surface area contributed by atoms with Crippen LogP contribution in [0.3, 0.4) is 0 Å². The van der Waals surface area contributed by atoms with E-state index < -0.39 is 64.6 Å². The number of nitrogens with zero attached hydrogens (tertiary/aromatic N) is 2. The van der Waals surface area contributed by atoms with Crippen molar-refractivity contribution < 1.29 is 32.3 Å². The first-order valence-corrected chi connectivity index (χ1v) is 9.91. The maximum Gasteiger partial charge on any atom is 0.416 e. The predicted molar refractivity (Wildman–Crippen MR) is 108 cm³/mol. The summed E-state index contributed by atoms with van der Waals surface area (Å²) in [6.45, 7) is 3.03. The van der Waals surface area contributed by atoms with Crippen molar-refractivity contribution in [2.24, 2.45) is 16.9 Å². The number of rotatable bonds is 5. The highest BCUT2D eigenvalue weighted by molar-refractivity contribution is 5.96. The zero-order chi connectivity index (χ0) is 24.7. The number of halogens is 3. The molecule has 0 spiro atoms. The Morgan fingerprint density at radius 2 is 1.85 bits per heavy atom. The number of carbonyl (C=O) groups excluding carboxylic acids is 3. The number of hydrogen-bond acceptors (Lipinski definition) is 6. The smallest absolute Gasteiger partial charge is 0.416 e. The molecule has 4 N–H and O–H groups in total. The third-order valence-electron chi connectivity index (χ3n) is 5.70. The number of esters is 1. The summed E-state index contributed by atoms with van der Waals surface area (Å²) in [5.41, 5.74) is 6.96. The topological polar surface area (TPSA) is 140 Å². The van der Waals surface area contributed by atoms with Gasteiger partial charge in [-0.2, -0.15) is 18.4 Å². The van der Waals surface area contributed by atoms with E-state index in [1.165, 1.54) is 32.1 Å². The van der Waals surface area contributed by atoms with Crippen LogP contribution < -0.4 is 11.5 Å². The molecule has 0 radical (unpaired) electrons. The van der Waals surface area contributed by atoms with Crippen LogP contribution >= 0.6 is 0 Å². The van der Waals surface area contributed by atoms with Crippen LogP contribution in [0, 0.1) is 16.7 Å². The molecule has 0 bridgehead atoms. The number of ether oxygens (including phenoxy) is 1. The van der Waals surface area contributed by atoms with Crippen LogP contribution in [0.1, 0.15) is 30.9 Å². The normalized spacial score (nSPS) is 26.4. The van der Waals surface area contributed by atoms with E-state index in [2.05, 4.69) is 0 Å². The average Bonchev–Trinajstić information content (AvgIpc) is 3.03. The fourth-order valence-electron chi connectivity index (χ4n) is 4.46. The number of fused-ring (bicyclic) bond motifs is 1. The second-order valence-corrected chi connectivity index (χ2v) is 8.04. The monoisotopic (exact) mass is 462 g/mol. The van der Waals surface area contributed by atoms with Gasteiger partial charge in [-0.05, 0) is 31.6 Å². The Labute approximate surface area is 187 Å². The molecule has 1 fully saturated rings. The van der Waals surface area contributed by atoms with Crippen molar-refractivity contribution in [3.63, 3.8) is 0 Å². The number of benzene rings is 1. The first-order chi connectivity index (χ1) is 15.4. The van der Waals surface area contributed by atoms with Crippen molar-refractivity contribution in [1.29, 1.82) is 5.26 Å². The van der Waals surface area contributed by atoms with Gasteiger partial charge in [0.15, 0.2) is 5.41 Å². The molecule has 0 aromatic heterocycles. The van der Waals surface area contributed by atoms with E-state index in [1.54, 1.807) is 0 Å². The highest BCUT2D eigenvalue weighted by Gasteiger charge is 2.67. The van der Waals surface area contributed by atoms with Crippen molar-refractivity contribution in [2.75, 3.05) is 0 Å². The van der Waals surface area contributed by atoms with Crippen LogP contribution in [0.2, 0.25) is 0 Å². The summed E-state index contributed by atoms with van der Waals surface area (Å²) in [5.74, 6) is -4.74. The standard InChI is InChI=1S/C22H21F3N4O4/c1-11(2)33-20(32)21(10-26)15-8-7-12(18(27)30)9-29(15)17(19(28)31)16(21)13-5-3-4-6-14(13)22(23,24)25/h3-9,11,15-17H,1-2H3,(H2,27,30)(H2,28,31)/t15-,16-,17+,21+/m1/s1. The first-order valence-electron chi connectivity index (χ1n) is 9.91. The molecular weight excluding hydrogens is 441 g/mol. The van der Waals surface area contributed by atoms with Crippen molar-refractivity contribution in [3.8, 4) is 6.07 Å². The number of amides is 2. The third kappa shape index (κ3) is 3.82. The highest BCUT2D eigenvalue weighted by Crippen LogP contribution is 2.55. The van der Waals surface area contributed by atoms with Crippen LogP contribution in [0.5, 0.6) is 0 Å². The van der Waals surface area contributed by atoms with Crippen LogP contribution in [0.25, 0.3) is 0 Å². The van der Waals surface area contributed by atoms with E-state index in [0.717, 1.165) is 29.3 Å². The number of primary amides is 2. The van der Waals surface area contributed by atoms with Gasteiger partial charge in [0.1, 0.15) is 6.04 Å². The molecule has 1 saturated heterocycles. The van der Waals surface area contributed by atoms with Gasteiger partial charge < -0.3 is 21.1 Å². The maximum absolute atomic E-state index is 13.9. The molecule has 2 aliphatic heterocycles. The SMILES string of the molecule is CC(C)OC(=O)[C@]1(C#N)[C@H](c2ccccc2C(F)(F)F)[C@@H](C(N)=O)N2C=C(C(N)=O)C=C[C@@H]21. The quantitative estimate of drug-likeness (QED) is 0.639. The summed E-state index contributed by atoms with van der Waals surface area (Å²) in [5, 5.41) is 10.3. The zero-order valence-electron chi connectivity index (χ0n) is 17.7. The minimum atomic E-state index is -4.85. The molecule has 4 atom stereocenters. The number of nitriles is 1. The molecule has 1 aromatic carbocycles. The summed E-state index contributed by atoms with van der Waals surface area (Å²) in [7, 11) is 0. The maximum atomic E-state index is 13.9. The third-order valence-corrected chi connectivity index (χ3v) is 5.70. The van der Waals surface area contributed by atoms with E-state index in [1.807, 2.05) is 6.07 Å². The van der Waals surface area contributed by atoms with Crippen molar-refractivity contribution in [1.82, 2.24) is 4.90 Å². The van der Waals surface area contributed by atoms with E-state index in [4.69, 9.17) is 16.2 Å². The minimum Gasteiger partial charge on any atom is -0.462 e. The van der Waals surface area contributed by atoms with Gasteiger partial charge in [0.05, 0.1) is 29.4 Å². The summed E-state index contributed by atoms with van der Waals surface area (Å²) in [6, 6.07) is 3.36. The number of hydrogen-bond donors (Lipinski definition) is 2. The molecule has 3 rings (SSSR count). The number of nitrogens with two attached hydrogens (primary N) is 2. The molecule has 2 heterocycles. The summed E-state index contributed by atoms with van der Waals surface area (Å²) < 4.78 is 47.0. The lowest BCUT2D eigenvalue weighted by Crippen LogP contribution is -2.46. The van der Waals surface area contributed by atoms with E-state index >= 15 is 0 Å². The van der Waals surface area contributed by atoms with Gasteiger partial charge >= 0.3 is 12.1 Å². The predicted octanol–water partition coefficient (Wildman–Crippen LogP) is 1.73. The fraction of sp³-hybridized carbons (Fsp3) is 0.364. The van der Waals surface area contributed by atoms with Gasteiger partial charge in [0.25, 0.3) is 0 Å². The molecule has 0 saturated carbocycles. The fourth-order valence-corrected chi connectivity index (χ4v) is 4.46. The van der Waals surface area contributed by atoms with Gasteiger partial charge in [0, 0.05) is 12.1 Å². The van der Waals surface area contributed by atoms with Crippen LogP contribution in [0.15, 0.2) is 48.2 Å². The second-order valence-electron chi connectivity index (χ2n) is 8.04. The lowest BCUT2D eigenvalue weighted by molar-refractivity contribution is -0.158. The number of alkyl halides is 3. The van der Waals surface area contributed by atoms with Gasteiger partial charge in [-0.25, -0.2) is 0 Å². The van der Waals surface area contributed by atoms with Gasteiger partial charge in [-0.3, -0.25) is 14.4 Å². The molecule has 174 valence electrons. The van der Waals surface area contributed by atoms with Gasteiger partial charge in [0.2, 0.25) is 11.8 Å². The molecule has 0 aliphatic carbocycles. The summed E-state index contributed by atoms with van der Waals surface area (Å²) in [6.07, 6.45) is -1.90. The number of carbonyl (C=O) groups is 3. The lowest BCUT2D eigenvalue weighted by Gasteiger charge is -2.33. The molecule has 2 aliphatic rings. The molecule has 0 unspecified atom stereocenters. The molecule has 8 nitrogen and oxygen atoms in total. The van der Waals surface area contributed by atoms with Gasteiger partial charge in [-0.1, -0.05) is 24.3 Å². The molecular formula is C22H21F3N4O4. The highest BCUT2D eigenvalue weighted by atomic mass is 19.4. The first kappa shape index (κ1) is 23.8. The summed E-state index contributed by atoms with van der Waals surface area (Å²) >= 11 is 0. The van der Waals surface area contributed by atoms with Crippen LogP contribution in [-0.2, 0) is 25.3 Å². The Morgan fingerprint density at radius 1 is 1.21 bits per heavy atom. The van der Waals surface area contributed by atoms with E-state index in [-0.39, 0.29) is 5.57 Å². The molecule has 11 heteroatoms. The Kier molecular flexibility index (Phi) is 5.98. The minimum absolute atomic E-state index is 0.0775. The van der Waals surface area contributed by atoms with E-state index in [9.17, 15) is 32.8 Å². The van der Waals surface area contributed by atoms with Crippen LogP contribution in [0.4, 0.5) is 13.2 Å². The summed E-state index contributed by atoms with van der Waals surface area (Å²) in [4.78, 5) is 38.8. The molecule has 1 aromatic rings. The van der Waals surface area contributed by atoms with E-state index in [0.29, 0.717) is 0 Å². The zero-order valence-corrected chi connectivity index (χ0v) is 17.7. The van der Waals surface area contributed by atoms with Gasteiger partial charge in [-0.15, -0.1) is 0 Å². The lowest BCUT2D eigenvalue weighted by atomic mass is 9.67.